The molecule has 4 heteroatoms. The molecule has 0 aliphatic heterocycles. The van der Waals surface area contributed by atoms with Crippen LogP contribution in [0.25, 0.3) is 4.96 Å². The number of aryl methyl sites for hydroxylation is 1. The van der Waals surface area contributed by atoms with Crippen LogP contribution in [0.4, 0.5) is 0 Å². The number of nitrogens with zero attached hydrogens (tertiary/aromatic N) is 2. The fourth-order valence-electron chi connectivity index (χ4n) is 1.29. The molecule has 3 nitrogen and oxygen atoms in total. The molecule has 2 aromatic rings. The minimum Gasteiger partial charge on any atom is -0.372 e. The smallest absolute Gasteiger partial charge is 0.194 e. The number of aromatic nitrogens is 2. The summed E-state index contributed by atoms with van der Waals surface area (Å²) < 4.78 is 7.49. The van der Waals surface area contributed by atoms with Crippen molar-refractivity contribution in [1.82, 2.24) is 9.38 Å². The second kappa shape index (κ2) is 3.07. The van der Waals surface area contributed by atoms with Crippen LogP contribution in [0.15, 0.2) is 11.6 Å². The number of fused-ring (bicyclic) bond motifs is 1. The van der Waals surface area contributed by atoms with Crippen LogP contribution in [-0.4, -0.2) is 16.5 Å². The summed E-state index contributed by atoms with van der Waals surface area (Å²) in [5.74, 6) is 0. The average Bonchev–Trinajstić information content (AvgIpc) is 2.69. The van der Waals surface area contributed by atoms with E-state index < -0.39 is 0 Å². The molecule has 0 N–H and O–H groups in total. The van der Waals surface area contributed by atoms with E-state index in [4.69, 9.17) is 4.74 Å². The molecule has 0 bridgehead atoms. The minimum absolute atomic E-state index is 0.307. The fraction of sp³-hybridized carbons (Fsp3) is 0.500. The molecule has 2 rings (SSSR count). The highest BCUT2D eigenvalue weighted by Crippen LogP contribution is 2.25. The molecule has 2 aromatic heterocycles. The first-order chi connectivity index (χ1) is 6.54. The molecule has 0 saturated heterocycles. The maximum Gasteiger partial charge on any atom is 0.194 e. The summed E-state index contributed by atoms with van der Waals surface area (Å²) in [7, 11) is 1.71. The van der Waals surface area contributed by atoms with Crippen molar-refractivity contribution in [3.8, 4) is 0 Å². The van der Waals surface area contributed by atoms with Gasteiger partial charge in [0.25, 0.3) is 0 Å². The van der Waals surface area contributed by atoms with E-state index in [1.54, 1.807) is 18.4 Å². The second-order valence-electron chi connectivity index (χ2n) is 3.87. The molecule has 0 radical (unpaired) electrons. The highest BCUT2D eigenvalue weighted by Gasteiger charge is 2.23. The molecule has 0 aliphatic carbocycles. The Hall–Kier alpha value is -0.870. The van der Waals surface area contributed by atoms with E-state index in [1.807, 2.05) is 20.0 Å². The standard InChI is InChI=1S/C10H14N2OS/c1-7-6-14-9-11-8(5-12(7)9)10(2,3)13-4/h5-6H,1-4H3. The highest BCUT2D eigenvalue weighted by atomic mass is 32.1. The van der Waals surface area contributed by atoms with Gasteiger partial charge >= 0.3 is 0 Å². The van der Waals surface area contributed by atoms with Crippen molar-refractivity contribution in [3.05, 3.63) is 23.0 Å². The molecule has 0 spiro atoms. The Morgan fingerprint density at radius 1 is 1.50 bits per heavy atom. The number of thiazole rings is 1. The molecule has 0 amide bonds. The number of rotatable bonds is 2. The van der Waals surface area contributed by atoms with Gasteiger partial charge in [-0.3, -0.25) is 4.40 Å². The van der Waals surface area contributed by atoms with E-state index in [2.05, 4.69) is 21.7 Å². The molecule has 0 atom stereocenters. The van der Waals surface area contributed by atoms with Gasteiger partial charge in [-0.25, -0.2) is 4.98 Å². The van der Waals surface area contributed by atoms with Crippen LogP contribution in [0.5, 0.6) is 0 Å². The average molecular weight is 210 g/mol. The predicted molar refractivity (Wildman–Crippen MR) is 57.8 cm³/mol. The fourth-order valence-corrected chi connectivity index (χ4v) is 2.14. The molecule has 2 heterocycles. The molecule has 0 aromatic carbocycles. The summed E-state index contributed by atoms with van der Waals surface area (Å²) in [5.41, 5.74) is 1.89. The number of imidazole rings is 1. The maximum absolute atomic E-state index is 5.39. The van der Waals surface area contributed by atoms with Crippen molar-refractivity contribution in [2.45, 2.75) is 26.4 Å². The van der Waals surface area contributed by atoms with Gasteiger partial charge in [-0.05, 0) is 20.8 Å². The SMILES string of the molecule is COC(C)(C)c1cn2c(C)csc2n1. The van der Waals surface area contributed by atoms with Crippen LogP contribution >= 0.6 is 11.3 Å². The Morgan fingerprint density at radius 3 is 2.79 bits per heavy atom. The van der Waals surface area contributed by atoms with Crippen LogP contribution in [0.3, 0.4) is 0 Å². The largest absolute Gasteiger partial charge is 0.372 e. The monoisotopic (exact) mass is 210 g/mol. The first-order valence-electron chi connectivity index (χ1n) is 4.53. The van der Waals surface area contributed by atoms with Gasteiger partial charge in [0, 0.05) is 24.4 Å². The molecule has 76 valence electrons. The lowest BCUT2D eigenvalue weighted by atomic mass is 10.1. The van der Waals surface area contributed by atoms with Crippen LogP contribution in [0.1, 0.15) is 25.2 Å². The Balaban J connectivity index is 2.55. The van der Waals surface area contributed by atoms with Crippen molar-refractivity contribution >= 4 is 16.3 Å². The van der Waals surface area contributed by atoms with Crippen molar-refractivity contribution in [2.24, 2.45) is 0 Å². The van der Waals surface area contributed by atoms with Gasteiger partial charge in [0.2, 0.25) is 0 Å². The zero-order chi connectivity index (χ0) is 10.3. The summed E-state index contributed by atoms with van der Waals surface area (Å²) in [6.45, 7) is 6.12. The van der Waals surface area contributed by atoms with Crippen LogP contribution in [-0.2, 0) is 10.3 Å². The van der Waals surface area contributed by atoms with Gasteiger partial charge in [-0.15, -0.1) is 11.3 Å². The van der Waals surface area contributed by atoms with E-state index in [1.165, 1.54) is 5.69 Å². The molecular formula is C10H14N2OS. The maximum atomic E-state index is 5.39. The van der Waals surface area contributed by atoms with E-state index >= 15 is 0 Å². The molecule has 14 heavy (non-hydrogen) atoms. The van der Waals surface area contributed by atoms with Gasteiger partial charge in [0.15, 0.2) is 4.96 Å². The Morgan fingerprint density at radius 2 is 2.21 bits per heavy atom. The van der Waals surface area contributed by atoms with Crippen LogP contribution < -0.4 is 0 Å². The first-order valence-corrected chi connectivity index (χ1v) is 5.41. The third-order valence-electron chi connectivity index (χ3n) is 2.52. The Kier molecular flexibility index (Phi) is 2.12. The summed E-state index contributed by atoms with van der Waals surface area (Å²) in [5, 5.41) is 2.10. The van der Waals surface area contributed by atoms with Crippen LogP contribution in [0, 0.1) is 6.92 Å². The van der Waals surface area contributed by atoms with Gasteiger partial charge < -0.3 is 4.74 Å². The van der Waals surface area contributed by atoms with Crippen LogP contribution in [0.2, 0.25) is 0 Å². The lowest BCUT2D eigenvalue weighted by Gasteiger charge is -2.19. The highest BCUT2D eigenvalue weighted by molar-refractivity contribution is 7.15. The summed E-state index contributed by atoms with van der Waals surface area (Å²) in [4.78, 5) is 5.56. The van der Waals surface area contributed by atoms with Gasteiger partial charge in [-0.2, -0.15) is 0 Å². The lowest BCUT2D eigenvalue weighted by molar-refractivity contribution is 0.0159. The zero-order valence-corrected chi connectivity index (χ0v) is 9.68. The predicted octanol–water partition coefficient (Wildman–Crippen LogP) is 2.59. The van der Waals surface area contributed by atoms with E-state index in [-0.39, 0.29) is 5.60 Å². The number of methoxy groups -OCH3 is 1. The third kappa shape index (κ3) is 1.35. The van der Waals surface area contributed by atoms with Gasteiger partial charge in [0.1, 0.15) is 5.60 Å². The van der Waals surface area contributed by atoms with Crippen molar-refractivity contribution in [3.63, 3.8) is 0 Å². The summed E-state index contributed by atoms with van der Waals surface area (Å²) >= 11 is 1.66. The Labute approximate surface area is 87.3 Å². The van der Waals surface area contributed by atoms with Crippen molar-refractivity contribution in [2.75, 3.05) is 7.11 Å². The van der Waals surface area contributed by atoms with Gasteiger partial charge in [0.05, 0.1) is 5.69 Å². The van der Waals surface area contributed by atoms with Crippen molar-refractivity contribution < 1.29 is 4.74 Å². The van der Waals surface area contributed by atoms with E-state index in [9.17, 15) is 0 Å². The second-order valence-corrected chi connectivity index (χ2v) is 4.71. The first kappa shape index (κ1) is 9.68. The molecule has 0 aliphatic rings. The van der Waals surface area contributed by atoms with Gasteiger partial charge in [-0.1, -0.05) is 0 Å². The molecule has 0 unspecified atom stereocenters. The minimum atomic E-state index is -0.307. The zero-order valence-electron chi connectivity index (χ0n) is 8.87. The summed E-state index contributed by atoms with van der Waals surface area (Å²) in [6, 6.07) is 0. The van der Waals surface area contributed by atoms with E-state index in [0.29, 0.717) is 0 Å². The number of ether oxygens (including phenoxy) is 1. The lowest BCUT2D eigenvalue weighted by Crippen LogP contribution is -2.19. The number of hydrogen-bond acceptors (Lipinski definition) is 3. The molecular weight excluding hydrogens is 196 g/mol. The Bertz CT molecular complexity index is 456. The quantitative estimate of drug-likeness (QED) is 0.761. The molecule has 0 fully saturated rings. The normalized spacial score (nSPS) is 12.6. The number of hydrogen-bond donors (Lipinski definition) is 0. The van der Waals surface area contributed by atoms with E-state index in [0.717, 1.165) is 10.7 Å². The molecule has 0 saturated carbocycles. The summed E-state index contributed by atoms with van der Waals surface area (Å²) in [6.07, 6.45) is 2.05. The third-order valence-corrected chi connectivity index (χ3v) is 3.47. The van der Waals surface area contributed by atoms with Crippen molar-refractivity contribution in [1.29, 1.82) is 0 Å². The topological polar surface area (TPSA) is 26.5 Å².